The Morgan fingerprint density at radius 1 is 1.54 bits per heavy atom. The fourth-order valence-corrected chi connectivity index (χ4v) is 1.37. The second-order valence-electron chi connectivity index (χ2n) is 2.29. The lowest BCUT2D eigenvalue weighted by molar-refractivity contribution is 0.565. The molecule has 13 heavy (non-hydrogen) atoms. The van der Waals surface area contributed by atoms with Crippen molar-refractivity contribution in [1.29, 1.82) is 5.26 Å². The van der Waals surface area contributed by atoms with Crippen molar-refractivity contribution in [3.05, 3.63) is 29.3 Å². The van der Waals surface area contributed by atoms with Gasteiger partial charge in [0.05, 0.1) is 17.3 Å². The molecule has 4 heteroatoms. The van der Waals surface area contributed by atoms with E-state index in [2.05, 4.69) is 20.9 Å². The minimum absolute atomic E-state index is 0.547. The lowest BCUT2D eigenvalue weighted by Gasteiger charge is -1.99. The van der Waals surface area contributed by atoms with Gasteiger partial charge in [0.25, 0.3) is 0 Å². The highest BCUT2D eigenvalue weighted by molar-refractivity contribution is 9.08. The second kappa shape index (κ2) is 4.56. The van der Waals surface area contributed by atoms with Crippen LogP contribution in [-0.2, 0) is 10.1 Å². The van der Waals surface area contributed by atoms with E-state index < -0.39 is 0 Å². The molecule has 0 bridgehead atoms. The predicted octanol–water partition coefficient (Wildman–Crippen LogP) is 2.42. The smallest absolute Gasteiger partial charge is 0.211 e. The van der Waals surface area contributed by atoms with Gasteiger partial charge in [0.1, 0.15) is 0 Å². The molecular weight excluding hydrogens is 232 g/mol. The fourth-order valence-electron chi connectivity index (χ4n) is 0.920. The molecule has 64 valence electrons. The SMILES string of the molecule is N#Cc1ccc(N=C=O)c(CBr)c1. The zero-order chi connectivity index (χ0) is 9.68. The number of isocyanates is 1. The summed E-state index contributed by atoms with van der Waals surface area (Å²) >= 11 is 3.24. The summed E-state index contributed by atoms with van der Waals surface area (Å²) in [7, 11) is 0. The van der Waals surface area contributed by atoms with Crippen LogP contribution >= 0.6 is 15.9 Å². The first-order valence-electron chi connectivity index (χ1n) is 3.48. The van der Waals surface area contributed by atoms with Crippen molar-refractivity contribution in [2.24, 2.45) is 4.99 Å². The molecule has 0 aliphatic heterocycles. The molecule has 0 amide bonds. The molecule has 0 radical (unpaired) electrons. The standard InChI is InChI=1S/C9H5BrN2O/c10-4-8-3-7(5-11)1-2-9(8)12-6-13/h1-3H,4H2. The number of alkyl halides is 1. The van der Waals surface area contributed by atoms with Gasteiger partial charge in [-0.3, -0.25) is 0 Å². The number of hydrogen-bond donors (Lipinski definition) is 0. The Balaban J connectivity index is 3.24. The first kappa shape index (κ1) is 9.66. The summed E-state index contributed by atoms with van der Waals surface area (Å²) < 4.78 is 0. The number of nitriles is 1. The number of hydrogen-bond acceptors (Lipinski definition) is 3. The summed E-state index contributed by atoms with van der Waals surface area (Å²) in [5.41, 5.74) is 1.91. The summed E-state index contributed by atoms with van der Waals surface area (Å²) in [5.74, 6) is 0. The lowest BCUT2D eigenvalue weighted by Crippen LogP contribution is -1.81. The van der Waals surface area contributed by atoms with Crippen LogP contribution in [0.5, 0.6) is 0 Å². The molecule has 0 N–H and O–H groups in total. The third-order valence-electron chi connectivity index (χ3n) is 1.52. The second-order valence-corrected chi connectivity index (χ2v) is 2.85. The van der Waals surface area contributed by atoms with E-state index in [1.165, 1.54) is 6.08 Å². The van der Waals surface area contributed by atoms with E-state index in [9.17, 15) is 4.79 Å². The van der Waals surface area contributed by atoms with Crippen LogP contribution in [-0.4, -0.2) is 6.08 Å². The minimum atomic E-state index is 0.547. The molecule has 1 aromatic carbocycles. The Bertz CT molecular complexity index is 403. The van der Waals surface area contributed by atoms with Gasteiger partial charge in [-0.15, -0.1) is 0 Å². The Kier molecular flexibility index (Phi) is 3.39. The van der Waals surface area contributed by atoms with Gasteiger partial charge in [0.15, 0.2) is 0 Å². The fraction of sp³-hybridized carbons (Fsp3) is 0.111. The van der Waals surface area contributed by atoms with Crippen molar-refractivity contribution in [3.63, 3.8) is 0 Å². The van der Waals surface area contributed by atoms with E-state index in [0.29, 0.717) is 16.6 Å². The molecule has 0 aliphatic rings. The van der Waals surface area contributed by atoms with Crippen LogP contribution < -0.4 is 0 Å². The van der Waals surface area contributed by atoms with Crippen LogP contribution in [0.25, 0.3) is 0 Å². The maximum atomic E-state index is 10.0. The summed E-state index contributed by atoms with van der Waals surface area (Å²) in [5, 5.41) is 9.16. The number of aliphatic imine (C=N–C) groups is 1. The number of rotatable bonds is 2. The zero-order valence-corrected chi connectivity index (χ0v) is 8.21. The Morgan fingerprint density at radius 3 is 2.85 bits per heavy atom. The first-order chi connectivity index (χ1) is 6.31. The van der Waals surface area contributed by atoms with Gasteiger partial charge >= 0.3 is 0 Å². The summed E-state index contributed by atoms with van der Waals surface area (Å²) in [6.45, 7) is 0. The number of carbonyl (C=O) groups excluding carboxylic acids is 1. The topological polar surface area (TPSA) is 53.2 Å². The Hall–Kier alpha value is -1.43. The zero-order valence-electron chi connectivity index (χ0n) is 6.62. The average molecular weight is 237 g/mol. The van der Waals surface area contributed by atoms with Gasteiger partial charge in [-0.05, 0) is 23.8 Å². The molecule has 1 aromatic rings. The van der Waals surface area contributed by atoms with E-state index in [0.717, 1.165) is 5.56 Å². The van der Waals surface area contributed by atoms with Gasteiger partial charge in [0.2, 0.25) is 6.08 Å². The van der Waals surface area contributed by atoms with Gasteiger partial charge < -0.3 is 0 Å². The predicted molar refractivity (Wildman–Crippen MR) is 51.6 cm³/mol. The highest BCUT2D eigenvalue weighted by Gasteiger charge is 2.01. The summed E-state index contributed by atoms with van der Waals surface area (Å²) in [6.07, 6.45) is 1.47. The molecule has 0 aromatic heterocycles. The minimum Gasteiger partial charge on any atom is -0.211 e. The highest BCUT2D eigenvalue weighted by atomic mass is 79.9. The van der Waals surface area contributed by atoms with Crippen LogP contribution in [0.1, 0.15) is 11.1 Å². The van der Waals surface area contributed by atoms with Crippen molar-refractivity contribution < 1.29 is 4.79 Å². The molecule has 3 nitrogen and oxygen atoms in total. The molecule has 0 fully saturated rings. The molecule has 0 saturated carbocycles. The molecule has 0 unspecified atom stereocenters. The third-order valence-corrected chi connectivity index (χ3v) is 2.12. The molecule has 0 heterocycles. The number of nitrogens with zero attached hydrogens (tertiary/aromatic N) is 2. The monoisotopic (exact) mass is 236 g/mol. The molecule has 0 aliphatic carbocycles. The number of halogens is 1. The highest BCUT2D eigenvalue weighted by Crippen LogP contribution is 2.22. The molecule has 0 atom stereocenters. The van der Waals surface area contributed by atoms with Crippen molar-refractivity contribution in [1.82, 2.24) is 0 Å². The van der Waals surface area contributed by atoms with E-state index >= 15 is 0 Å². The van der Waals surface area contributed by atoms with Crippen LogP contribution in [0, 0.1) is 11.3 Å². The van der Waals surface area contributed by atoms with Crippen LogP contribution in [0.15, 0.2) is 23.2 Å². The van der Waals surface area contributed by atoms with Crippen LogP contribution in [0.2, 0.25) is 0 Å². The van der Waals surface area contributed by atoms with Crippen molar-refractivity contribution in [2.75, 3.05) is 0 Å². The Labute approximate surface area is 83.8 Å². The van der Waals surface area contributed by atoms with Crippen LogP contribution in [0.3, 0.4) is 0 Å². The van der Waals surface area contributed by atoms with Crippen molar-refractivity contribution in [3.8, 4) is 6.07 Å². The molecule has 0 saturated heterocycles. The molecular formula is C9H5BrN2O. The maximum Gasteiger partial charge on any atom is 0.240 e. The molecule has 0 spiro atoms. The van der Waals surface area contributed by atoms with E-state index in [4.69, 9.17) is 5.26 Å². The van der Waals surface area contributed by atoms with Crippen molar-refractivity contribution >= 4 is 27.7 Å². The normalized spacial score (nSPS) is 8.62. The maximum absolute atomic E-state index is 10.0. The van der Waals surface area contributed by atoms with E-state index in [-0.39, 0.29) is 0 Å². The Morgan fingerprint density at radius 2 is 2.31 bits per heavy atom. The van der Waals surface area contributed by atoms with Gasteiger partial charge in [-0.2, -0.15) is 10.3 Å². The molecule has 1 rings (SSSR count). The van der Waals surface area contributed by atoms with Gasteiger partial charge in [-0.1, -0.05) is 15.9 Å². The largest absolute Gasteiger partial charge is 0.240 e. The third kappa shape index (κ3) is 2.25. The summed E-state index contributed by atoms with van der Waals surface area (Å²) in [4.78, 5) is 13.5. The quantitative estimate of drug-likeness (QED) is 0.450. The number of benzene rings is 1. The first-order valence-corrected chi connectivity index (χ1v) is 4.61. The lowest BCUT2D eigenvalue weighted by atomic mass is 10.1. The van der Waals surface area contributed by atoms with E-state index in [1.54, 1.807) is 18.2 Å². The van der Waals surface area contributed by atoms with Crippen molar-refractivity contribution in [2.45, 2.75) is 5.33 Å². The van der Waals surface area contributed by atoms with Gasteiger partial charge in [0, 0.05) is 5.33 Å². The average Bonchev–Trinajstić information content (AvgIpc) is 2.19. The summed E-state index contributed by atoms with van der Waals surface area (Å²) in [6, 6.07) is 6.93. The van der Waals surface area contributed by atoms with Gasteiger partial charge in [-0.25, -0.2) is 4.79 Å². The van der Waals surface area contributed by atoms with Crippen LogP contribution in [0.4, 0.5) is 5.69 Å². The van der Waals surface area contributed by atoms with E-state index in [1.807, 2.05) is 6.07 Å².